The van der Waals surface area contributed by atoms with E-state index in [1.807, 2.05) is 19.1 Å². The second-order valence-electron chi connectivity index (χ2n) is 8.48. The molecule has 1 aliphatic heterocycles. The first-order valence-corrected chi connectivity index (χ1v) is 11.4. The van der Waals surface area contributed by atoms with E-state index in [-0.39, 0.29) is 18.5 Å². The largest absolute Gasteiger partial charge is 0.348 e. The van der Waals surface area contributed by atoms with E-state index in [1.54, 1.807) is 25.1 Å². The molecule has 4 amide bonds. The fourth-order valence-electron chi connectivity index (χ4n) is 4.37. The summed E-state index contributed by atoms with van der Waals surface area (Å²) >= 11 is 3.39. The smallest absolute Gasteiger partial charge is 0.325 e. The minimum atomic E-state index is -1.20. The van der Waals surface area contributed by atoms with Gasteiger partial charge >= 0.3 is 6.03 Å². The van der Waals surface area contributed by atoms with E-state index in [4.69, 9.17) is 0 Å². The number of fused-ring (bicyclic) bond motifs is 1. The van der Waals surface area contributed by atoms with Crippen molar-refractivity contribution in [2.45, 2.75) is 51.1 Å². The number of rotatable bonds is 5. The van der Waals surface area contributed by atoms with Gasteiger partial charge in [-0.3, -0.25) is 14.5 Å². The number of carbonyl (C=O) groups is 3. The third kappa shape index (κ3) is 4.24. The van der Waals surface area contributed by atoms with Crippen LogP contribution in [0.4, 0.5) is 4.79 Å². The Labute approximate surface area is 190 Å². The molecule has 0 spiro atoms. The normalized spacial score (nSPS) is 21.5. The van der Waals surface area contributed by atoms with Gasteiger partial charge in [0.1, 0.15) is 12.1 Å². The van der Waals surface area contributed by atoms with E-state index in [0.29, 0.717) is 5.56 Å². The first-order valence-electron chi connectivity index (χ1n) is 10.6. The van der Waals surface area contributed by atoms with Crippen molar-refractivity contribution in [3.63, 3.8) is 0 Å². The Bertz CT molecular complexity index is 1050. The van der Waals surface area contributed by atoms with Gasteiger partial charge in [-0.1, -0.05) is 46.3 Å². The number of urea groups is 1. The summed E-state index contributed by atoms with van der Waals surface area (Å²) in [6.45, 7) is 3.26. The summed E-state index contributed by atoms with van der Waals surface area (Å²) in [6, 6.07) is 12.8. The SMILES string of the molecule is C[C@@H](NC(=O)CN1C(=O)N[C@](C)(c2cccc(Br)c2)C1=O)c1ccc2c(c1)CCCC2. The van der Waals surface area contributed by atoms with Crippen molar-refractivity contribution in [1.29, 1.82) is 0 Å². The Hall–Kier alpha value is -2.67. The number of nitrogens with one attached hydrogen (secondary N) is 2. The topological polar surface area (TPSA) is 78.5 Å². The molecule has 2 atom stereocenters. The standard InChI is InChI=1S/C24H26BrN3O3/c1-15(17-11-10-16-6-3-4-7-18(16)12-17)26-21(29)14-28-22(30)24(2,27-23(28)31)19-8-5-9-20(25)13-19/h5,8-13,15H,3-4,6-7,14H2,1-2H3,(H,26,29)(H,27,31)/t15-,24-/m1/s1. The van der Waals surface area contributed by atoms with Crippen molar-refractivity contribution in [1.82, 2.24) is 15.5 Å². The Morgan fingerprint density at radius 1 is 1.16 bits per heavy atom. The number of imide groups is 1. The maximum absolute atomic E-state index is 13.0. The van der Waals surface area contributed by atoms with Crippen molar-refractivity contribution < 1.29 is 14.4 Å². The number of halogens is 1. The molecule has 4 rings (SSSR count). The third-order valence-corrected chi connectivity index (χ3v) is 6.72. The zero-order valence-electron chi connectivity index (χ0n) is 17.7. The zero-order valence-corrected chi connectivity index (χ0v) is 19.3. The Morgan fingerprint density at radius 2 is 1.90 bits per heavy atom. The second-order valence-corrected chi connectivity index (χ2v) is 9.40. The number of aryl methyl sites for hydroxylation is 2. The lowest BCUT2D eigenvalue weighted by Crippen LogP contribution is -2.43. The average Bonchev–Trinajstić information content (AvgIpc) is 2.97. The van der Waals surface area contributed by atoms with Crippen LogP contribution >= 0.6 is 15.9 Å². The lowest BCUT2D eigenvalue weighted by Gasteiger charge is -2.23. The van der Waals surface area contributed by atoms with Crippen LogP contribution in [0, 0.1) is 0 Å². The fraction of sp³-hybridized carbons (Fsp3) is 0.375. The lowest BCUT2D eigenvalue weighted by molar-refractivity contribution is -0.135. The number of carbonyl (C=O) groups excluding carboxylic acids is 3. The summed E-state index contributed by atoms with van der Waals surface area (Å²) in [6.07, 6.45) is 4.60. The van der Waals surface area contributed by atoms with Gasteiger partial charge in [-0.15, -0.1) is 0 Å². The molecular weight excluding hydrogens is 458 g/mol. The maximum atomic E-state index is 13.0. The first kappa shape index (κ1) is 21.6. The molecule has 0 saturated carbocycles. The minimum Gasteiger partial charge on any atom is -0.348 e. The van der Waals surface area contributed by atoms with Crippen LogP contribution in [0.15, 0.2) is 46.9 Å². The molecule has 2 aliphatic rings. The predicted molar refractivity (Wildman–Crippen MR) is 121 cm³/mol. The molecule has 1 aliphatic carbocycles. The van der Waals surface area contributed by atoms with Crippen LogP contribution in [0.5, 0.6) is 0 Å². The highest BCUT2D eigenvalue weighted by atomic mass is 79.9. The van der Waals surface area contributed by atoms with Crippen LogP contribution in [0.2, 0.25) is 0 Å². The third-order valence-electron chi connectivity index (χ3n) is 6.23. The monoisotopic (exact) mass is 483 g/mol. The van der Waals surface area contributed by atoms with E-state index in [0.717, 1.165) is 27.8 Å². The van der Waals surface area contributed by atoms with Crippen LogP contribution in [0.3, 0.4) is 0 Å². The van der Waals surface area contributed by atoms with Crippen LogP contribution in [-0.4, -0.2) is 29.3 Å². The first-order chi connectivity index (χ1) is 14.8. The van der Waals surface area contributed by atoms with E-state index < -0.39 is 17.5 Å². The summed E-state index contributed by atoms with van der Waals surface area (Å²) < 4.78 is 0.809. The van der Waals surface area contributed by atoms with Gasteiger partial charge in [0.05, 0.1) is 6.04 Å². The molecule has 31 heavy (non-hydrogen) atoms. The van der Waals surface area contributed by atoms with Crippen molar-refractivity contribution >= 4 is 33.8 Å². The molecule has 162 valence electrons. The zero-order chi connectivity index (χ0) is 22.2. The highest BCUT2D eigenvalue weighted by Crippen LogP contribution is 2.30. The molecule has 1 heterocycles. The molecular formula is C24H26BrN3O3. The molecule has 6 nitrogen and oxygen atoms in total. The highest BCUT2D eigenvalue weighted by Gasteiger charge is 2.49. The summed E-state index contributed by atoms with van der Waals surface area (Å²) in [5, 5.41) is 5.66. The second kappa shape index (κ2) is 8.46. The number of hydrogen-bond acceptors (Lipinski definition) is 3. The molecule has 7 heteroatoms. The van der Waals surface area contributed by atoms with Gasteiger partial charge in [0, 0.05) is 4.47 Å². The van der Waals surface area contributed by atoms with E-state index in [2.05, 4.69) is 38.7 Å². The molecule has 2 N–H and O–H groups in total. The molecule has 0 unspecified atom stereocenters. The van der Waals surface area contributed by atoms with Gasteiger partial charge in [0.2, 0.25) is 5.91 Å². The molecule has 1 saturated heterocycles. The molecule has 2 aromatic carbocycles. The van der Waals surface area contributed by atoms with Crippen LogP contribution in [0.1, 0.15) is 55.0 Å². The van der Waals surface area contributed by atoms with E-state index in [1.165, 1.54) is 24.0 Å². The molecule has 2 aromatic rings. The van der Waals surface area contributed by atoms with E-state index in [9.17, 15) is 14.4 Å². The maximum Gasteiger partial charge on any atom is 0.325 e. The number of hydrogen-bond donors (Lipinski definition) is 2. The quantitative estimate of drug-likeness (QED) is 0.631. The Morgan fingerprint density at radius 3 is 2.65 bits per heavy atom. The summed E-state index contributed by atoms with van der Waals surface area (Å²) in [5.74, 6) is -0.806. The molecule has 0 radical (unpaired) electrons. The fourth-order valence-corrected chi connectivity index (χ4v) is 4.77. The predicted octanol–water partition coefficient (Wildman–Crippen LogP) is 3.97. The van der Waals surface area contributed by atoms with Crippen LogP contribution in [-0.2, 0) is 28.0 Å². The summed E-state index contributed by atoms with van der Waals surface area (Å²) in [7, 11) is 0. The number of nitrogens with zero attached hydrogens (tertiary/aromatic N) is 1. The Balaban J connectivity index is 1.43. The molecule has 0 aromatic heterocycles. The highest BCUT2D eigenvalue weighted by molar-refractivity contribution is 9.10. The average molecular weight is 484 g/mol. The van der Waals surface area contributed by atoms with Crippen LogP contribution < -0.4 is 10.6 Å². The van der Waals surface area contributed by atoms with Crippen molar-refractivity contribution in [2.75, 3.05) is 6.54 Å². The minimum absolute atomic E-state index is 0.211. The lowest BCUT2D eigenvalue weighted by atomic mass is 9.89. The number of benzene rings is 2. The van der Waals surface area contributed by atoms with Crippen LogP contribution in [0.25, 0.3) is 0 Å². The molecule has 1 fully saturated rings. The van der Waals surface area contributed by atoms with Gasteiger partial charge in [0.15, 0.2) is 0 Å². The van der Waals surface area contributed by atoms with Gasteiger partial charge < -0.3 is 10.6 Å². The number of amides is 4. The van der Waals surface area contributed by atoms with Crippen molar-refractivity contribution in [3.8, 4) is 0 Å². The molecule has 0 bridgehead atoms. The van der Waals surface area contributed by atoms with Gasteiger partial charge in [0.25, 0.3) is 5.91 Å². The van der Waals surface area contributed by atoms with Crippen molar-refractivity contribution in [3.05, 3.63) is 69.2 Å². The van der Waals surface area contributed by atoms with E-state index >= 15 is 0 Å². The van der Waals surface area contributed by atoms with Crippen molar-refractivity contribution in [2.24, 2.45) is 0 Å². The van der Waals surface area contributed by atoms with Gasteiger partial charge in [-0.05, 0) is 73.9 Å². The van der Waals surface area contributed by atoms with Gasteiger partial charge in [-0.25, -0.2) is 4.79 Å². The summed E-state index contributed by atoms with van der Waals surface area (Å²) in [5.41, 5.74) is 3.23. The van der Waals surface area contributed by atoms with Gasteiger partial charge in [-0.2, -0.15) is 0 Å². The Kier molecular flexibility index (Phi) is 5.88. The summed E-state index contributed by atoms with van der Waals surface area (Å²) in [4.78, 5) is 39.2.